The minimum Gasteiger partial charge on any atom is -0.409 e. The summed E-state index contributed by atoms with van der Waals surface area (Å²) in [4.78, 5) is 16.0. The van der Waals surface area contributed by atoms with Crippen molar-refractivity contribution < 1.29 is 13.9 Å². The van der Waals surface area contributed by atoms with E-state index in [1.165, 1.54) is 4.57 Å². The number of ether oxygens (including phenoxy) is 2. The van der Waals surface area contributed by atoms with Gasteiger partial charge in [0.05, 0.1) is 18.8 Å². The van der Waals surface area contributed by atoms with E-state index < -0.39 is 20.2 Å². The second kappa shape index (κ2) is 6.95. The van der Waals surface area contributed by atoms with Crippen LogP contribution in [-0.2, 0) is 13.9 Å². The molecule has 1 aromatic heterocycles. The smallest absolute Gasteiger partial charge is 0.351 e. The van der Waals surface area contributed by atoms with Crippen molar-refractivity contribution in [2.75, 3.05) is 19.5 Å². The Morgan fingerprint density at radius 3 is 2.67 bits per heavy atom. The van der Waals surface area contributed by atoms with E-state index in [4.69, 9.17) is 19.6 Å². The van der Waals surface area contributed by atoms with E-state index in [2.05, 4.69) is 38.8 Å². The van der Waals surface area contributed by atoms with Crippen LogP contribution in [0.2, 0.25) is 18.1 Å². The van der Waals surface area contributed by atoms with E-state index in [9.17, 15) is 4.79 Å². The summed E-state index contributed by atoms with van der Waals surface area (Å²) in [5, 5.41) is 0.0707. The van der Waals surface area contributed by atoms with Crippen LogP contribution < -0.4 is 11.4 Å². The Morgan fingerprint density at radius 2 is 2.12 bits per heavy atom. The Labute approximate surface area is 144 Å². The van der Waals surface area contributed by atoms with E-state index in [-0.39, 0.29) is 23.1 Å². The third kappa shape index (κ3) is 4.05. The number of rotatable bonds is 5. The minimum atomic E-state index is -2.01. The van der Waals surface area contributed by atoms with Gasteiger partial charge < -0.3 is 19.6 Å². The molecule has 0 aromatic carbocycles. The summed E-state index contributed by atoms with van der Waals surface area (Å²) in [6.07, 6.45) is 1.46. The predicted octanol–water partition coefficient (Wildman–Crippen LogP) is 2.15. The highest BCUT2D eigenvalue weighted by molar-refractivity contribution is 6.74. The van der Waals surface area contributed by atoms with E-state index in [1.807, 2.05) is 0 Å². The summed E-state index contributed by atoms with van der Waals surface area (Å²) >= 11 is 0. The second-order valence-electron chi connectivity index (χ2n) is 7.80. The number of methoxy groups -OCH3 is 1. The zero-order valence-corrected chi connectivity index (χ0v) is 16.4. The van der Waals surface area contributed by atoms with Crippen molar-refractivity contribution in [3.63, 3.8) is 0 Å². The Hall–Kier alpha value is -1.22. The van der Waals surface area contributed by atoms with E-state index in [1.54, 1.807) is 19.4 Å². The highest BCUT2D eigenvalue weighted by Crippen LogP contribution is 2.41. The van der Waals surface area contributed by atoms with Gasteiger partial charge in [-0.25, -0.2) is 4.79 Å². The SMILES string of the molecule is COC[C@@H]1C[C@H](O[Si](C)(C)C(C)(C)C)[C@H](n2ccc(N)nc2=O)O1. The highest BCUT2D eigenvalue weighted by atomic mass is 28.4. The summed E-state index contributed by atoms with van der Waals surface area (Å²) in [5.74, 6) is 0.199. The third-order valence-electron chi connectivity index (χ3n) is 4.88. The van der Waals surface area contributed by atoms with Crippen LogP contribution in [0.3, 0.4) is 0 Å². The van der Waals surface area contributed by atoms with Crippen molar-refractivity contribution in [1.82, 2.24) is 9.55 Å². The fourth-order valence-corrected chi connectivity index (χ4v) is 3.86. The number of nitrogens with two attached hydrogens (primary N) is 1. The summed E-state index contributed by atoms with van der Waals surface area (Å²) in [6, 6.07) is 1.60. The molecule has 1 aliphatic rings. The van der Waals surface area contributed by atoms with Gasteiger partial charge in [0.1, 0.15) is 5.82 Å². The monoisotopic (exact) mass is 355 g/mol. The molecule has 0 spiro atoms. The minimum absolute atomic E-state index is 0.0707. The van der Waals surface area contributed by atoms with Crippen LogP contribution in [0.1, 0.15) is 33.4 Å². The van der Waals surface area contributed by atoms with Crippen LogP contribution in [0.4, 0.5) is 5.82 Å². The molecule has 7 nitrogen and oxygen atoms in total. The Kier molecular flexibility index (Phi) is 5.53. The van der Waals surface area contributed by atoms with Gasteiger partial charge in [-0.15, -0.1) is 0 Å². The van der Waals surface area contributed by atoms with Crippen molar-refractivity contribution in [2.45, 2.75) is 63.8 Å². The van der Waals surface area contributed by atoms with Crippen molar-refractivity contribution >= 4 is 14.1 Å². The molecule has 1 fully saturated rings. The maximum Gasteiger partial charge on any atom is 0.351 e. The molecule has 0 amide bonds. The average Bonchev–Trinajstić information content (AvgIpc) is 2.79. The van der Waals surface area contributed by atoms with Gasteiger partial charge in [0.2, 0.25) is 0 Å². The molecule has 0 unspecified atom stereocenters. The molecular weight excluding hydrogens is 326 g/mol. The molecule has 3 atom stereocenters. The van der Waals surface area contributed by atoms with E-state index in [0.717, 1.165) is 0 Å². The van der Waals surface area contributed by atoms with Gasteiger partial charge in [-0.2, -0.15) is 4.98 Å². The standard InChI is InChI=1S/C16H29N3O4Si/c1-16(2,3)24(5,6)23-12-9-11(10-21-4)22-14(12)19-8-7-13(17)18-15(19)20/h7-8,11-12,14H,9-10H2,1-6H3,(H2,17,18,20)/t11-,12-,14+/m0/s1. The molecule has 1 aliphatic heterocycles. The number of nitrogen functional groups attached to an aromatic ring is 1. The summed E-state index contributed by atoms with van der Waals surface area (Å²) in [7, 11) is -0.371. The molecular formula is C16H29N3O4Si. The largest absolute Gasteiger partial charge is 0.409 e. The van der Waals surface area contributed by atoms with E-state index in [0.29, 0.717) is 13.0 Å². The number of nitrogens with zero attached hydrogens (tertiary/aromatic N) is 2. The van der Waals surface area contributed by atoms with Gasteiger partial charge in [0, 0.05) is 19.7 Å². The first-order valence-electron chi connectivity index (χ1n) is 8.22. The molecule has 1 saturated heterocycles. The first-order valence-corrected chi connectivity index (χ1v) is 11.1. The molecule has 0 saturated carbocycles. The van der Waals surface area contributed by atoms with Crippen LogP contribution in [-0.4, -0.2) is 43.8 Å². The topological polar surface area (TPSA) is 88.6 Å². The second-order valence-corrected chi connectivity index (χ2v) is 12.6. The quantitative estimate of drug-likeness (QED) is 0.814. The van der Waals surface area contributed by atoms with Gasteiger partial charge in [-0.05, 0) is 24.2 Å². The molecule has 2 heterocycles. The van der Waals surface area contributed by atoms with Crippen LogP contribution in [0.15, 0.2) is 17.1 Å². The van der Waals surface area contributed by atoms with Crippen molar-refractivity contribution in [3.8, 4) is 0 Å². The molecule has 2 N–H and O–H groups in total. The Bertz CT molecular complexity index is 626. The first kappa shape index (κ1) is 19.1. The average molecular weight is 356 g/mol. The van der Waals surface area contributed by atoms with Crippen LogP contribution in [0.5, 0.6) is 0 Å². The van der Waals surface area contributed by atoms with Crippen molar-refractivity contribution in [2.24, 2.45) is 0 Å². The normalized spacial score (nSPS) is 25.2. The summed E-state index contributed by atoms with van der Waals surface area (Å²) < 4.78 is 19.2. The van der Waals surface area contributed by atoms with Gasteiger partial charge in [0.25, 0.3) is 0 Å². The van der Waals surface area contributed by atoms with Crippen molar-refractivity contribution in [3.05, 3.63) is 22.7 Å². The lowest BCUT2D eigenvalue weighted by molar-refractivity contribution is -0.0557. The molecule has 24 heavy (non-hydrogen) atoms. The number of hydrogen-bond donors (Lipinski definition) is 1. The first-order chi connectivity index (χ1) is 11.0. The van der Waals surface area contributed by atoms with Crippen molar-refractivity contribution in [1.29, 1.82) is 0 Å². The lowest BCUT2D eigenvalue weighted by Gasteiger charge is -2.39. The zero-order chi connectivity index (χ0) is 18.1. The molecule has 1 aromatic rings. The summed E-state index contributed by atoms with van der Waals surface area (Å²) in [5.41, 5.74) is 5.16. The molecule has 0 aliphatic carbocycles. The molecule has 0 radical (unpaired) electrons. The highest BCUT2D eigenvalue weighted by Gasteiger charge is 2.45. The number of anilines is 1. The Morgan fingerprint density at radius 1 is 1.46 bits per heavy atom. The van der Waals surface area contributed by atoms with E-state index >= 15 is 0 Å². The predicted molar refractivity (Wildman–Crippen MR) is 95.4 cm³/mol. The summed E-state index contributed by atoms with van der Waals surface area (Å²) in [6.45, 7) is 11.4. The maximum absolute atomic E-state index is 12.2. The third-order valence-corrected chi connectivity index (χ3v) is 9.38. The lowest BCUT2D eigenvalue weighted by Crippen LogP contribution is -2.46. The lowest BCUT2D eigenvalue weighted by atomic mass is 10.2. The van der Waals surface area contributed by atoms with Gasteiger partial charge in [0.15, 0.2) is 14.5 Å². The molecule has 2 rings (SSSR count). The van der Waals surface area contributed by atoms with Gasteiger partial charge >= 0.3 is 5.69 Å². The van der Waals surface area contributed by atoms with Crippen LogP contribution >= 0.6 is 0 Å². The zero-order valence-electron chi connectivity index (χ0n) is 15.4. The maximum atomic E-state index is 12.2. The molecule has 0 bridgehead atoms. The fraction of sp³-hybridized carbons (Fsp3) is 0.750. The van der Waals surface area contributed by atoms with Gasteiger partial charge in [-0.3, -0.25) is 4.57 Å². The molecule has 136 valence electrons. The molecule has 8 heteroatoms. The van der Waals surface area contributed by atoms with Gasteiger partial charge in [-0.1, -0.05) is 20.8 Å². The van der Waals surface area contributed by atoms with Crippen LogP contribution in [0.25, 0.3) is 0 Å². The van der Waals surface area contributed by atoms with Crippen LogP contribution in [0, 0.1) is 0 Å². The Balaban J connectivity index is 2.30. The number of aromatic nitrogens is 2. The number of hydrogen-bond acceptors (Lipinski definition) is 6. The fourth-order valence-electron chi connectivity index (χ4n) is 2.53.